The van der Waals surface area contributed by atoms with Gasteiger partial charge in [-0.2, -0.15) is 4.68 Å². The number of piperidine rings is 1. The van der Waals surface area contributed by atoms with Gasteiger partial charge in [-0.25, -0.2) is 0 Å². The number of hydrogen-bond donors (Lipinski definition) is 1. The van der Waals surface area contributed by atoms with Crippen LogP contribution in [0.5, 0.6) is 5.75 Å². The monoisotopic (exact) mass is 295 g/mol. The molecule has 7 heteroatoms. The lowest BCUT2D eigenvalue weighted by Crippen LogP contribution is -2.28. The molecule has 0 saturated carbocycles. The number of hydrogen-bond acceptors (Lipinski definition) is 5. The normalized spacial score (nSPS) is 15.7. The lowest BCUT2D eigenvalue weighted by molar-refractivity contribution is 0.414. The van der Waals surface area contributed by atoms with E-state index in [4.69, 9.17) is 4.74 Å². The Labute approximate surface area is 123 Å². The predicted octanol–water partition coefficient (Wildman–Crippen LogP) is 1.56. The van der Waals surface area contributed by atoms with Gasteiger partial charge < -0.3 is 10.1 Å². The number of tetrazole rings is 1. The van der Waals surface area contributed by atoms with Crippen molar-refractivity contribution in [3.8, 4) is 11.4 Å². The van der Waals surface area contributed by atoms with Crippen molar-refractivity contribution >= 4 is 12.4 Å². The quantitative estimate of drug-likeness (QED) is 0.931. The Morgan fingerprint density at radius 2 is 1.90 bits per heavy atom. The summed E-state index contributed by atoms with van der Waals surface area (Å²) in [7, 11) is 1.66. The molecule has 3 rings (SSSR count). The van der Waals surface area contributed by atoms with Crippen molar-refractivity contribution < 1.29 is 4.74 Å². The lowest BCUT2D eigenvalue weighted by Gasteiger charge is -2.21. The van der Waals surface area contributed by atoms with Gasteiger partial charge in [-0.05, 0) is 60.6 Å². The van der Waals surface area contributed by atoms with Gasteiger partial charge in [0.15, 0.2) is 5.82 Å². The van der Waals surface area contributed by atoms with E-state index >= 15 is 0 Å². The van der Waals surface area contributed by atoms with Crippen LogP contribution in [0.4, 0.5) is 0 Å². The van der Waals surface area contributed by atoms with Crippen molar-refractivity contribution in [1.82, 2.24) is 25.5 Å². The summed E-state index contributed by atoms with van der Waals surface area (Å²) in [5, 5.41) is 15.5. The summed E-state index contributed by atoms with van der Waals surface area (Å²) in [5.41, 5.74) is 0.972. The largest absolute Gasteiger partial charge is 0.497 e. The van der Waals surface area contributed by atoms with E-state index in [-0.39, 0.29) is 12.4 Å². The maximum atomic E-state index is 5.16. The van der Waals surface area contributed by atoms with Crippen molar-refractivity contribution in [3.63, 3.8) is 0 Å². The summed E-state index contributed by atoms with van der Waals surface area (Å²) < 4.78 is 6.99. The highest BCUT2D eigenvalue weighted by Crippen LogP contribution is 2.25. The van der Waals surface area contributed by atoms with Crippen LogP contribution in [-0.4, -0.2) is 40.4 Å². The Balaban J connectivity index is 0.00000147. The summed E-state index contributed by atoms with van der Waals surface area (Å²) in [4.78, 5) is 0. The number of ether oxygens (including phenoxy) is 1. The average Bonchev–Trinajstić information content (AvgIpc) is 2.98. The molecule has 0 amide bonds. The van der Waals surface area contributed by atoms with Gasteiger partial charge in [0.2, 0.25) is 0 Å². The molecule has 1 N–H and O–H groups in total. The van der Waals surface area contributed by atoms with E-state index in [2.05, 4.69) is 20.8 Å². The molecule has 0 unspecified atom stereocenters. The van der Waals surface area contributed by atoms with Crippen LogP contribution in [-0.2, 0) is 0 Å². The van der Waals surface area contributed by atoms with Crippen LogP contribution in [0.25, 0.3) is 5.69 Å². The minimum Gasteiger partial charge on any atom is -0.497 e. The second kappa shape index (κ2) is 6.67. The maximum absolute atomic E-state index is 5.16. The number of rotatable bonds is 3. The standard InChI is InChI=1S/C13H17N5O.ClH/c1-19-12-4-2-11(3-5-12)18-13(15-16-17-18)10-6-8-14-9-7-10;/h2-5,10,14H,6-9H2,1H3;1H. The fourth-order valence-electron chi connectivity index (χ4n) is 2.44. The van der Waals surface area contributed by atoms with Crippen LogP contribution >= 0.6 is 12.4 Å². The van der Waals surface area contributed by atoms with Crippen molar-refractivity contribution in [3.05, 3.63) is 30.1 Å². The topological polar surface area (TPSA) is 64.9 Å². The third-order valence-corrected chi connectivity index (χ3v) is 3.51. The molecule has 0 bridgehead atoms. The van der Waals surface area contributed by atoms with Gasteiger partial charge in [-0.15, -0.1) is 17.5 Å². The molecule has 1 aromatic heterocycles. The summed E-state index contributed by atoms with van der Waals surface area (Å²) in [5.74, 6) is 2.21. The highest BCUT2D eigenvalue weighted by atomic mass is 35.5. The molecule has 0 spiro atoms. The van der Waals surface area contributed by atoms with E-state index in [1.807, 2.05) is 28.9 Å². The fraction of sp³-hybridized carbons (Fsp3) is 0.462. The van der Waals surface area contributed by atoms with E-state index in [1.165, 1.54) is 0 Å². The molecule has 2 heterocycles. The van der Waals surface area contributed by atoms with E-state index in [1.54, 1.807) is 7.11 Å². The van der Waals surface area contributed by atoms with Gasteiger partial charge in [0.25, 0.3) is 0 Å². The molecule has 0 radical (unpaired) electrons. The van der Waals surface area contributed by atoms with Crippen molar-refractivity contribution in [2.24, 2.45) is 0 Å². The Morgan fingerprint density at radius 3 is 2.55 bits per heavy atom. The highest BCUT2D eigenvalue weighted by molar-refractivity contribution is 5.85. The fourth-order valence-corrected chi connectivity index (χ4v) is 2.44. The predicted molar refractivity (Wildman–Crippen MR) is 77.8 cm³/mol. The molecule has 1 saturated heterocycles. The molecule has 20 heavy (non-hydrogen) atoms. The van der Waals surface area contributed by atoms with Crippen molar-refractivity contribution in [1.29, 1.82) is 0 Å². The third kappa shape index (κ3) is 2.91. The Hall–Kier alpha value is -1.66. The maximum Gasteiger partial charge on any atom is 0.159 e. The Morgan fingerprint density at radius 1 is 1.20 bits per heavy atom. The first kappa shape index (κ1) is 14.7. The first-order chi connectivity index (χ1) is 9.38. The molecule has 0 aliphatic carbocycles. The molecular formula is C13H18ClN5O. The number of methoxy groups -OCH3 is 1. The Kier molecular flexibility index (Phi) is 4.92. The van der Waals surface area contributed by atoms with Crippen LogP contribution in [0.15, 0.2) is 24.3 Å². The summed E-state index contributed by atoms with van der Waals surface area (Å²) >= 11 is 0. The highest BCUT2D eigenvalue weighted by Gasteiger charge is 2.22. The van der Waals surface area contributed by atoms with Crippen LogP contribution in [0.2, 0.25) is 0 Å². The molecule has 1 aliphatic heterocycles. The number of aromatic nitrogens is 4. The third-order valence-electron chi connectivity index (χ3n) is 3.51. The molecule has 108 valence electrons. The first-order valence-electron chi connectivity index (χ1n) is 6.52. The van der Waals surface area contributed by atoms with E-state index < -0.39 is 0 Å². The van der Waals surface area contributed by atoms with Crippen LogP contribution in [0, 0.1) is 0 Å². The van der Waals surface area contributed by atoms with Crippen molar-refractivity contribution in [2.75, 3.05) is 20.2 Å². The minimum absolute atomic E-state index is 0. The summed E-state index contributed by atoms with van der Waals surface area (Å²) in [6, 6.07) is 7.78. The number of nitrogens with zero attached hydrogens (tertiary/aromatic N) is 4. The SMILES string of the molecule is COc1ccc(-n2nnnc2C2CCNCC2)cc1.Cl. The zero-order valence-corrected chi connectivity index (χ0v) is 12.1. The lowest BCUT2D eigenvalue weighted by atomic mass is 9.97. The molecule has 1 aliphatic rings. The van der Waals surface area contributed by atoms with Crippen LogP contribution < -0.4 is 10.1 Å². The zero-order chi connectivity index (χ0) is 13.1. The van der Waals surface area contributed by atoms with Gasteiger partial charge in [0.1, 0.15) is 5.75 Å². The number of halogens is 1. The van der Waals surface area contributed by atoms with Gasteiger partial charge in [-0.3, -0.25) is 0 Å². The zero-order valence-electron chi connectivity index (χ0n) is 11.3. The van der Waals surface area contributed by atoms with Gasteiger partial charge >= 0.3 is 0 Å². The molecule has 1 fully saturated rings. The van der Waals surface area contributed by atoms with E-state index in [0.717, 1.165) is 43.2 Å². The van der Waals surface area contributed by atoms with Crippen LogP contribution in [0.3, 0.4) is 0 Å². The van der Waals surface area contributed by atoms with E-state index in [9.17, 15) is 0 Å². The van der Waals surface area contributed by atoms with Gasteiger partial charge in [0.05, 0.1) is 12.8 Å². The molecule has 0 atom stereocenters. The Bertz CT molecular complexity index is 536. The molecule has 2 aromatic rings. The number of benzene rings is 1. The average molecular weight is 296 g/mol. The van der Waals surface area contributed by atoms with Gasteiger partial charge in [0, 0.05) is 5.92 Å². The first-order valence-corrected chi connectivity index (χ1v) is 6.52. The van der Waals surface area contributed by atoms with Crippen LogP contribution in [0.1, 0.15) is 24.6 Å². The summed E-state index contributed by atoms with van der Waals surface area (Å²) in [6.45, 7) is 2.06. The van der Waals surface area contributed by atoms with Crippen molar-refractivity contribution in [2.45, 2.75) is 18.8 Å². The number of nitrogens with one attached hydrogen (secondary N) is 1. The summed E-state index contributed by atoms with van der Waals surface area (Å²) in [6.07, 6.45) is 2.16. The smallest absolute Gasteiger partial charge is 0.159 e. The molecule has 6 nitrogen and oxygen atoms in total. The molecule has 1 aromatic carbocycles. The van der Waals surface area contributed by atoms with E-state index in [0.29, 0.717) is 5.92 Å². The molecular weight excluding hydrogens is 278 g/mol. The second-order valence-corrected chi connectivity index (χ2v) is 4.67. The second-order valence-electron chi connectivity index (χ2n) is 4.67. The minimum atomic E-state index is 0. The van der Waals surface area contributed by atoms with Gasteiger partial charge in [-0.1, -0.05) is 0 Å².